The van der Waals surface area contributed by atoms with Gasteiger partial charge in [0.05, 0.1) is 6.20 Å². The molecular weight excluding hydrogens is 284 g/mol. The first-order valence-corrected chi connectivity index (χ1v) is 7.83. The Bertz CT molecular complexity index is 548. The maximum absolute atomic E-state index is 11.7. The van der Waals surface area contributed by atoms with Crippen molar-refractivity contribution in [3.63, 3.8) is 0 Å². The Hall–Kier alpha value is -1.82. The van der Waals surface area contributed by atoms with Crippen LogP contribution in [0.25, 0.3) is 0 Å². The standard InChI is InChI=1S/C16H26N2O4/c1-4-7-17(8-5-2)10-12-9-14(19)15(20)11-18(12)13(6-3)16(21)22/h9,11,13,20H,4-8,10H2,1-3H3,(H,21,22). The monoisotopic (exact) mass is 310 g/mol. The smallest absolute Gasteiger partial charge is 0.326 e. The van der Waals surface area contributed by atoms with E-state index in [1.165, 1.54) is 16.8 Å². The summed E-state index contributed by atoms with van der Waals surface area (Å²) >= 11 is 0. The second kappa shape index (κ2) is 8.58. The van der Waals surface area contributed by atoms with E-state index in [0.717, 1.165) is 25.9 Å². The average Bonchev–Trinajstić information content (AvgIpc) is 2.45. The van der Waals surface area contributed by atoms with Crippen molar-refractivity contribution in [2.24, 2.45) is 0 Å². The van der Waals surface area contributed by atoms with Gasteiger partial charge in [0.2, 0.25) is 5.43 Å². The second-order valence-corrected chi connectivity index (χ2v) is 5.46. The van der Waals surface area contributed by atoms with Gasteiger partial charge in [-0.15, -0.1) is 0 Å². The number of carbonyl (C=O) groups is 1. The molecule has 0 aliphatic carbocycles. The highest BCUT2D eigenvalue weighted by molar-refractivity contribution is 5.72. The molecule has 0 amide bonds. The van der Waals surface area contributed by atoms with Crippen molar-refractivity contribution >= 4 is 5.97 Å². The molecule has 1 heterocycles. The van der Waals surface area contributed by atoms with E-state index in [1.807, 2.05) is 0 Å². The van der Waals surface area contributed by atoms with Crippen LogP contribution in [0.1, 0.15) is 51.8 Å². The van der Waals surface area contributed by atoms with Crippen molar-refractivity contribution in [2.45, 2.75) is 52.6 Å². The predicted molar refractivity (Wildman–Crippen MR) is 85.2 cm³/mol. The van der Waals surface area contributed by atoms with Gasteiger partial charge >= 0.3 is 5.97 Å². The summed E-state index contributed by atoms with van der Waals surface area (Å²) in [4.78, 5) is 25.4. The van der Waals surface area contributed by atoms with Gasteiger partial charge in [-0.3, -0.25) is 9.69 Å². The topological polar surface area (TPSA) is 82.8 Å². The number of carboxylic acid groups (broad SMARTS) is 1. The maximum atomic E-state index is 11.7. The second-order valence-electron chi connectivity index (χ2n) is 5.46. The number of nitrogens with zero attached hydrogens (tertiary/aromatic N) is 2. The van der Waals surface area contributed by atoms with Gasteiger partial charge in [-0.25, -0.2) is 4.79 Å². The summed E-state index contributed by atoms with van der Waals surface area (Å²) < 4.78 is 1.51. The molecule has 6 nitrogen and oxygen atoms in total. The minimum absolute atomic E-state index is 0.381. The normalized spacial score (nSPS) is 12.5. The SMILES string of the molecule is CCCN(CCC)Cc1cc(=O)c(O)cn1C(CC)C(=O)O. The summed E-state index contributed by atoms with van der Waals surface area (Å²) in [6, 6.07) is 0.561. The number of aromatic hydroxyl groups is 1. The Balaban J connectivity index is 3.23. The lowest BCUT2D eigenvalue weighted by Gasteiger charge is -2.25. The highest BCUT2D eigenvalue weighted by Crippen LogP contribution is 2.18. The third kappa shape index (κ3) is 4.59. The average molecular weight is 310 g/mol. The molecule has 0 fully saturated rings. The van der Waals surface area contributed by atoms with Gasteiger partial charge in [-0.05, 0) is 32.4 Å². The minimum atomic E-state index is -0.968. The van der Waals surface area contributed by atoms with Crippen molar-refractivity contribution in [3.05, 3.63) is 28.2 Å². The van der Waals surface area contributed by atoms with Gasteiger partial charge in [0.1, 0.15) is 6.04 Å². The number of aromatic nitrogens is 1. The Morgan fingerprint density at radius 2 is 1.86 bits per heavy atom. The third-order valence-electron chi connectivity index (χ3n) is 3.62. The van der Waals surface area contributed by atoms with Crippen molar-refractivity contribution < 1.29 is 15.0 Å². The van der Waals surface area contributed by atoms with Crippen molar-refractivity contribution in [2.75, 3.05) is 13.1 Å². The number of pyridine rings is 1. The van der Waals surface area contributed by atoms with Crippen LogP contribution >= 0.6 is 0 Å². The van der Waals surface area contributed by atoms with E-state index in [1.54, 1.807) is 6.92 Å². The lowest BCUT2D eigenvalue weighted by atomic mass is 10.2. The quantitative estimate of drug-likeness (QED) is 0.730. The van der Waals surface area contributed by atoms with Crippen LogP contribution in [-0.4, -0.2) is 38.7 Å². The molecule has 0 spiro atoms. The highest BCUT2D eigenvalue weighted by Gasteiger charge is 2.21. The number of rotatable bonds is 9. The zero-order chi connectivity index (χ0) is 16.7. The van der Waals surface area contributed by atoms with Crippen LogP contribution in [0, 0.1) is 0 Å². The molecule has 0 aromatic carbocycles. The molecule has 1 aromatic rings. The van der Waals surface area contributed by atoms with Crippen LogP contribution in [-0.2, 0) is 11.3 Å². The Labute approximate surface area is 131 Å². The molecule has 22 heavy (non-hydrogen) atoms. The van der Waals surface area contributed by atoms with Gasteiger partial charge in [0.25, 0.3) is 0 Å². The zero-order valence-corrected chi connectivity index (χ0v) is 13.6. The molecule has 0 saturated heterocycles. The number of hydrogen-bond acceptors (Lipinski definition) is 4. The Kier molecular flexibility index (Phi) is 7.11. The lowest BCUT2D eigenvalue weighted by Crippen LogP contribution is -2.30. The Morgan fingerprint density at radius 3 is 2.32 bits per heavy atom. The van der Waals surface area contributed by atoms with E-state index in [4.69, 9.17) is 0 Å². The van der Waals surface area contributed by atoms with Crippen LogP contribution in [0.2, 0.25) is 0 Å². The molecule has 0 aliphatic heterocycles. The molecule has 2 N–H and O–H groups in total. The Morgan fingerprint density at radius 1 is 1.27 bits per heavy atom. The summed E-state index contributed by atoms with van der Waals surface area (Å²) in [5.74, 6) is -1.38. The summed E-state index contributed by atoms with van der Waals surface area (Å²) in [5, 5.41) is 19.0. The van der Waals surface area contributed by atoms with Crippen LogP contribution in [0.4, 0.5) is 0 Å². The summed E-state index contributed by atoms with van der Waals surface area (Å²) in [6.07, 6.45) is 3.60. The van der Waals surface area contributed by atoms with E-state index in [0.29, 0.717) is 18.7 Å². The largest absolute Gasteiger partial charge is 0.503 e. The van der Waals surface area contributed by atoms with Crippen LogP contribution < -0.4 is 5.43 Å². The van der Waals surface area contributed by atoms with Crippen LogP contribution in [0.3, 0.4) is 0 Å². The molecule has 1 unspecified atom stereocenters. The molecule has 0 radical (unpaired) electrons. The number of hydrogen-bond donors (Lipinski definition) is 2. The fourth-order valence-corrected chi connectivity index (χ4v) is 2.62. The first-order chi connectivity index (χ1) is 10.4. The fraction of sp³-hybridized carbons (Fsp3) is 0.625. The molecule has 1 rings (SSSR count). The molecule has 1 aromatic heterocycles. The maximum Gasteiger partial charge on any atom is 0.326 e. The van der Waals surface area contributed by atoms with Crippen LogP contribution in [0.5, 0.6) is 5.75 Å². The molecule has 124 valence electrons. The third-order valence-corrected chi connectivity index (χ3v) is 3.62. The molecule has 0 aliphatic rings. The van der Waals surface area contributed by atoms with Crippen molar-refractivity contribution in [1.82, 2.24) is 9.47 Å². The summed E-state index contributed by atoms with van der Waals surface area (Å²) in [5.41, 5.74) is 0.151. The molecule has 1 atom stereocenters. The molecule has 0 bridgehead atoms. The first kappa shape index (κ1) is 18.2. The van der Waals surface area contributed by atoms with Gasteiger partial charge in [0.15, 0.2) is 5.75 Å². The number of carboxylic acids is 1. The zero-order valence-electron chi connectivity index (χ0n) is 13.6. The van der Waals surface area contributed by atoms with Crippen molar-refractivity contribution in [3.8, 4) is 5.75 Å². The summed E-state index contributed by atoms with van der Waals surface area (Å²) in [6.45, 7) is 8.20. The van der Waals surface area contributed by atoms with E-state index < -0.39 is 23.2 Å². The van der Waals surface area contributed by atoms with Gasteiger partial charge in [-0.2, -0.15) is 0 Å². The lowest BCUT2D eigenvalue weighted by molar-refractivity contribution is -0.141. The first-order valence-electron chi connectivity index (χ1n) is 7.83. The summed E-state index contributed by atoms with van der Waals surface area (Å²) in [7, 11) is 0. The van der Waals surface area contributed by atoms with Gasteiger partial charge in [0, 0.05) is 18.3 Å². The minimum Gasteiger partial charge on any atom is -0.503 e. The number of aliphatic carboxylic acids is 1. The van der Waals surface area contributed by atoms with Crippen molar-refractivity contribution in [1.29, 1.82) is 0 Å². The van der Waals surface area contributed by atoms with Gasteiger partial charge in [-0.1, -0.05) is 20.8 Å². The molecule has 6 heteroatoms. The van der Waals surface area contributed by atoms with E-state index >= 15 is 0 Å². The van der Waals surface area contributed by atoms with E-state index in [-0.39, 0.29) is 0 Å². The predicted octanol–water partition coefficient (Wildman–Crippen LogP) is 2.21. The highest BCUT2D eigenvalue weighted by atomic mass is 16.4. The fourth-order valence-electron chi connectivity index (χ4n) is 2.62. The van der Waals surface area contributed by atoms with E-state index in [2.05, 4.69) is 18.7 Å². The van der Waals surface area contributed by atoms with E-state index in [9.17, 15) is 19.8 Å². The van der Waals surface area contributed by atoms with Gasteiger partial charge < -0.3 is 14.8 Å². The molecular formula is C16H26N2O4. The van der Waals surface area contributed by atoms with Crippen LogP contribution in [0.15, 0.2) is 17.1 Å². The molecule has 0 saturated carbocycles.